The molecule has 0 radical (unpaired) electrons. The molecule has 0 saturated heterocycles. The molecule has 0 saturated carbocycles. The van der Waals surface area contributed by atoms with E-state index in [1.54, 1.807) is 0 Å². The van der Waals surface area contributed by atoms with Gasteiger partial charge in [0.25, 0.3) is 0 Å². The van der Waals surface area contributed by atoms with E-state index in [-0.39, 0.29) is 6.04 Å². The van der Waals surface area contributed by atoms with Gasteiger partial charge in [-0.3, -0.25) is 0 Å². The second kappa shape index (κ2) is 3.57. The molecule has 0 aliphatic carbocycles. The highest BCUT2D eigenvalue weighted by molar-refractivity contribution is 9.09. The summed E-state index contributed by atoms with van der Waals surface area (Å²) in [6.45, 7) is 0. The van der Waals surface area contributed by atoms with E-state index in [1.165, 1.54) is 0 Å². The number of hydrogen-bond donors (Lipinski definition) is 3. The maximum absolute atomic E-state index is 8.38. The summed E-state index contributed by atoms with van der Waals surface area (Å²) in [4.78, 5) is 25.1. The van der Waals surface area contributed by atoms with Crippen molar-refractivity contribution in [2.24, 2.45) is 0 Å². The van der Waals surface area contributed by atoms with Crippen molar-refractivity contribution in [2.75, 3.05) is 5.33 Å². The SMILES string of the molecule is O[Si](O)(O)CCCBr. The summed E-state index contributed by atoms with van der Waals surface area (Å²) in [5.41, 5.74) is 0. The van der Waals surface area contributed by atoms with Gasteiger partial charge >= 0.3 is 8.80 Å². The Morgan fingerprint density at radius 3 is 1.88 bits per heavy atom. The van der Waals surface area contributed by atoms with Crippen LogP contribution in [0, 0.1) is 0 Å². The Morgan fingerprint density at radius 2 is 1.75 bits per heavy atom. The zero-order valence-electron chi connectivity index (χ0n) is 4.34. The predicted molar refractivity (Wildman–Crippen MR) is 35.6 cm³/mol. The fourth-order valence-corrected chi connectivity index (χ4v) is 1.75. The topological polar surface area (TPSA) is 60.7 Å². The van der Waals surface area contributed by atoms with E-state index in [4.69, 9.17) is 14.4 Å². The van der Waals surface area contributed by atoms with Crippen molar-refractivity contribution in [3.63, 3.8) is 0 Å². The van der Waals surface area contributed by atoms with Crippen LogP contribution < -0.4 is 0 Å². The van der Waals surface area contributed by atoms with Crippen LogP contribution in [0.4, 0.5) is 0 Å². The Bertz CT molecular complexity index is 62.0. The van der Waals surface area contributed by atoms with Crippen LogP contribution in [0.3, 0.4) is 0 Å². The minimum absolute atomic E-state index is 0.123. The average molecular weight is 201 g/mol. The van der Waals surface area contributed by atoms with Crippen LogP contribution in [-0.2, 0) is 0 Å². The van der Waals surface area contributed by atoms with E-state index >= 15 is 0 Å². The fraction of sp³-hybridized carbons (Fsp3) is 1.00. The van der Waals surface area contributed by atoms with E-state index in [9.17, 15) is 0 Å². The number of alkyl halides is 1. The first kappa shape index (κ1) is 8.58. The Labute approximate surface area is 57.5 Å². The molecule has 0 aromatic heterocycles. The van der Waals surface area contributed by atoms with Gasteiger partial charge in [-0.1, -0.05) is 15.9 Å². The maximum atomic E-state index is 8.38. The first-order valence-corrected chi connectivity index (χ1v) is 5.46. The highest BCUT2D eigenvalue weighted by Gasteiger charge is 2.24. The van der Waals surface area contributed by atoms with Crippen LogP contribution in [0.25, 0.3) is 0 Å². The molecule has 0 atom stereocenters. The molecule has 5 heteroatoms. The lowest BCUT2D eigenvalue weighted by molar-refractivity contribution is 0.227. The lowest BCUT2D eigenvalue weighted by Gasteiger charge is -2.05. The van der Waals surface area contributed by atoms with Gasteiger partial charge in [0.15, 0.2) is 0 Å². The molecule has 0 unspecified atom stereocenters. The van der Waals surface area contributed by atoms with Crippen molar-refractivity contribution < 1.29 is 14.4 Å². The predicted octanol–water partition coefficient (Wildman–Crippen LogP) is -0.313. The Hall–Kier alpha value is 0.577. The minimum Gasteiger partial charge on any atom is -0.390 e. The van der Waals surface area contributed by atoms with Crippen molar-refractivity contribution >= 4 is 24.7 Å². The molecule has 3 N–H and O–H groups in total. The Morgan fingerprint density at radius 1 is 1.25 bits per heavy atom. The first-order valence-electron chi connectivity index (χ1n) is 2.29. The van der Waals surface area contributed by atoms with Crippen LogP contribution in [0.15, 0.2) is 0 Å². The molecule has 0 aromatic rings. The van der Waals surface area contributed by atoms with Crippen molar-refractivity contribution in [1.82, 2.24) is 0 Å². The molecule has 0 heterocycles. The summed E-state index contributed by atoms with van der Waals surface area (Å²) in [7, 11) is -3.71. The van der Waals surface area contributed by atoms with E-state index in [0.29, 0.717) is 11.8 Å². The molecule has 0 rings (SSSR count). The van der Waals surface area contributed by atoms with E-state index < -0.39 is 8.80 Å². The molecule has 0 aromatic carbocycles. The second-order valence-corrected chi connectivity index (χ2v) is 4.41. The van der Waals surface area contributed by atoms with E-state index in [2.05, 4.69) is 15.9 Å². The summed E-state index contributed by atoms with van der Waals surface area (Å²) in [5.74, 6) is 0. The summed E-state index contributed by atoms with van der Waals surface area (Å²) in [5, 5.41) is 0.698. The Balaban J connectivity index is 3.11. The van der Waals surface area contributed by atoms with Gasteiger partial charge < -0.3 is 14.4 Å². The maximum Gasteiger partial charge on any atom is 0.492 e. The largest absolute Gasteiger partial charge is 0.492 e. The van der Waals surface area contributed by atoms with Gasteiger partial charge in [0.1, 0.15) is 0 Å². The van der Waals surface area contributed by atoms with Gasteiger partial charge in [-0.05, 0) is 6.42 Å². The quantitative estimate of drug-likeness (QED) is 0.433. The molecule has 0 spiro atoms. The van der Waals surface area contributed by atoms with Gasteiger partial charge in [-0.2, -0.15) is 0 Å². The van der Waals surface area contributed by atoms with Crippen LogP contribution in [0.2, 0.25) is 6.04 Å². The molecular formula is C3H9BrO3Si. The molecule has 0 aliphatic heterocycles. The van der Waals surface area contributed by atoms with E-state index in [1.807, 2.05) is 0 Å². The third-order valence-corrected chi connectivity index (χ3v) is 2.23. The van der Waals surface area contributed by atoms with Crippen LogP contribution >= 0.6 is 15.9 Å². The lowest BCUT2D eigenvalue weighted by atomic mass is 10.6. The Kier molecular flexibility index (Phi) is 3.83. The summed E-state index contributed by atoms with van der Waals surface area (Å²) in [6.07, 6.45) is 0.607. The highest BCUT2D eigenvalue weighted by Crippen LogP contribution is 2.02. The fourth-order valence-electron chi connectivity index (χ4n) is 0.304. The second-order valence-electron chi connectivity index (χ2n) is 1.57. The minimum atomic E-state index is -3.71. The van der Waals surface area contributed by atoms with Gasteiger partial charge in [0, 0.05) is 11.4 Å². The number of hydrogen-bond acceptors (Lipinski definition) is 3. The van der Waals surface area contributed by atoms with Crippen LogP contribution in [0.5, 0.6) is 0 Å². The smallest absolute Gasteiger partial charge is 0.390 e. The van der Waals surface area contributed by atoms with Crippen molar-refractivity contribution in [2.45, 2.75) is 12.5 Å². The molecule has 0 aliphatic rings. The first-order chi connectivity index (χ1) is 3.56. The summed E-state index contributed by atoms with van der Waals surface area (Å²) >= 11 is 3.09. The summed E-state index contributed by atoms with van der Waals surface area (Å²) in [6, 6.07) is 0.123. The standard InChI is InChI=1S/C3H9BrO3Si/c4-2-1-3-8(5,6)7/h5-7H,1-3H2. The molecular weight excluding hydrogens is 192 g/mol. The highest BCUT2D eigenvalue weighted by atomic mass is 79.9. The molecule has 50 valence electrons. The van der Waals surface area contributed by atoms with Crippen molar-refractivity contribution in [3.05, 3.63) is 0 Å². The monoisotopic (exact) mass is 200 g/mol. The van der Waals surface area contributed by atoms with E-state index in [0.717, 1.165) is 0 Å². The van der Waals surface area contributed by atoms with Gasteiger partial charge in [0.05, 0.1) is 0 Å². The van der Waals surface area contributed by atoms with Crippen molar-refractivity contribution in [3.8, 4) is 0 Å². The third-order valence-electron chi connectivity index (χ3n) is 0.646. The van der Waals surface area contributed by atoms with Gasteiger partial charge in [0.2, 0.25) is 0 Å². The number of halogens is 1. The number of rotatable bonds is 3. The zero-order chi connectivity index (χ0) is 6.62. The molecule has 0 amide bonds. The molecule has 0 bridgehead atoms. The van der Waals surface area contributed by atoms with Crippen molar-refractivity contribution in [1.29, 1.82) is 0 Å². The van der Waals surface area contributed by atoms with Crippen LogP contribution in [0.1, 0.15) is 6.42 Å². The normalized spacial score (nSPS) is 12.0. The molecule has 0 fully saturated rings. The van der Waals surface area contributed by atoms with Gasteiger partial charge in [-0.15, -0.1) is 0 Å². The molecule has 8 heavy (non-hydrogen) atoms. The van der Waals surface area contributed by atoms with Gasteiger partial charge in [-0.25, -0.2) is 0 Å². The van der Waals surface area contributed by atoms with Crippen LogP contribution in [-0.4, -0.2) is 28.5 Å². The third kappa shape index (κ3) is 6.58. The lowest BCUT2D eigenvalue weighted by Crippen LogP contribution is -2.34. The molecule has 3 nitrogen and oxygen atoms in total. The summed E-state index contributed by atoms with van der Waals surface area (Å²) < 4.78 is 0. The average Bonchev–Trinajstić information content (AvgIpc) is 1.59. The zero-order valence-corrected chi connectivity index (χ0v) is 6.93.